The van der Waals surface area contributed by atoms with Crippen molar-refractivity contribution in [3.63, 3.8) is 0 Å². The molecule has 1 saturated heterocycles. The molecule has 1 heterocycles. The molecular weight excluding hydrogens is 146 g/mol. The van der Waals surface area contributed by atoms with Crippen LogP contribution in [0, 0.1) is 6.92 Å². The van der Waals surface area contributed by atoms with E-state index in [-0.39, 0.29) is 6.03 Å². The number of hydrogen-bond donors (Lipinski definition) is 1. The molecule has 0 atom stereocenters. The Morgan fingerprint density at radius 2 is 2.27 bits per heavy atom. The maximum atomic E-state index is 11.1. The van der Waals surface area contributed by atoms with Gasteiger partial charge in [0.05, 0.1) is 0 Å². The average molecular weight is 156 g/mol. The highest BCUT2D eigenvalue weighted by atomic mass is 16.2. The number of carbonyl (C=O) groups is 2. The molecule has 11 heavy (non-hydrogen) atoms. The largest absolute Gasteiger partial charge is 0.351 e. The lowest BCUT2D eigenvalue weighted by Crippen LogP contribution is -2.39. The molecule has 1 aliphatic rings. The van der Waals surface area contributed by atoms with Crippen molar-refractivity contribution in [1.29, 1.82) is 0 Å². The molecule has 5 heteroatoms. The number of amides is 4. The first-order chi connectivity index (χ1) is 5.16. The Morgan fingerprint density at radius 3 is 2.55 bits per heavy atom. The second-order valence-electron chi connectivity index (χ2n) is 2.26. The third-order valence-corrected chi connectivity index (χ3v) is 1.63. The van der Waals surface area contributed by atoms with Gasteiger partial charge in [0.15, 0.2) is 0 Å². The quantitative estimate of drug-likeness (QED) is 0.563. The van der Waals surface area contributed by atoms with Crippen LogP contribution in [0.1, 0.15) is 0 Å². The second kappa shape index (κ2) is 2.77. The van der Waals surface area contributed by atoms with Crippen molar-refractivity contribution in [3.8, 4) is 0 Å². The Labute approximate surface area is 64.7 Å². The van der Waals surface area contributed by atoms with Crippen LogP contribution in [0.3, 0.4) is 0 Å². The number of nitrogens with zero attached hydrogens (tertiary/aromatic N) is 2. The standard InChI is InChI=1S/C6H10N3O2/c1-2-8-3-4-9(5(7)10)6(8)11/h1-4H2,(H2,7,10). The first-order valence-electron chi connectivity index (χ1n) is 3.32. The third kappa shape index (κ3) is 1.26. The van der Waals surface area contributed by atoms with Gasteiger partial charge in [-0.05, 0) is 6.92 Å². The van der Waals surface area contributed by atoms with Crippen LogP contribution in [0.2, 0.25) is 0 Å². The van der Waals surface area contributed by atoms with Gasteiger partial charge in [-0.2, -0.15) is 0 Å². The summed E-state index contributed by atoms with van der Waals surface area (Å²) in [5, 5.41) is 0. The van der Waals surface area contributed by atoms with E-state index in [0.29, 0.717) is 19.6 Å². The molecule has 4 amide bonds. The normalized spacial score (nSPS) is 17.7. The molecule has 0 aromatic rings. The molecular formula is C6H10N3O2. The lowest BCUT2D eigenvalue weighted by molar-refractivity contribution is 0.191. The van der Waals surface area contributed by atoms with E-state index < -0.39 is 6.03 Å². The van der Waals surface area contributed by atoms with Gasteiger partial charge in [0.1, 0.15) is 0 Å². The Kier molecular flexibility index (Phi) is 1.98. The van der Waals surface area contributed by atoms with E-state index in [1.807, 2.05) is 0 Å². The zero-order valence-corrected chi connectivity index (χ0v) is 6.12. The van der Waals surface area contributed by atoms with E-state index >= 15 is 0 Å². The summed E-state index contributed by atoms with van der Waals surface area (Å²) in [6.07, 6.45) is 0. The molecule has 1 radical (unpaired) electrons. The highest BCUT2D eigenvalue weighted by molar-refractivity contribution is 5.94. The monoisotopic (exact) mass is 156 g/mol. The fourth-order valence-corrected chi connectivity index (χ4v) is 0.995. The van der Waals surface area contributed by atoms with Crippen molar-refractivity contribution in [2.24, 2.45) is 5.73 Å². The molecule has 0 spiro atoms. The smallest absolute Gasteiger partial charge is 0.328 e. The molecule has 1 aliphatic heterocycles. The highest BCUT2D eigenvalue weighted by Gasteiger charge is 2.30. The van der Waals surface area contributed by atoms with Gasteiger partial charge in [-0.1, -0.05) is 0 Å². The SMILES string of the molecule is [CH2]CN1CCN(C(N)=O)C1=O. The summed E-state index contributed by atoms with van der Waals surface area (Å²) >= 11 is 0. The van der Waals surface area contributed by atoms with Crippen molar-refractivity contribution in [1.82, 2.24) is 9.80 Å². The molecule has 0 aliphatic carbocycles. The molecule has 2 N–H and O–H groups in total. The van der Waals surface area contributed by atoms with E-state index in [4.69, 9.17) is 5.73 Å². The number of rotatable bonds is 1. The highest BCUT2D eigenvalue weighted by Crippen LogP contribution is 2.06. The molecule has 1 fully saturated rings. The predicted molar refractivity (Wildman–Crippen MR) is 38.6 cm³/mol. The van der Waals surface area contributed by atoms with Gasteiger partial charge in [0.25, 0.3) is 0 Å². The fourth-order valence-electron chi connectivity index (χ4n) is 0.995. The Hall–Kier alpha value is -1.26. The van der Waals surface area contributed by atoms with Gasteiger partial charge in [-0.15, -0.1) is 0 Å². The summed E-state index contributed by atoms with van der Waals surface area (Å²) in [6, 6.07) is -1.03. The minimum absolute atomic E-state index is 0.340. The van der Waals surface area contributed by atoms with Crippen molar-refractivity contribution in [3.05, 3.63) is 6.92 Å². The Balaban J connectivity index is 2.63. The Bertz CT molecular complexity index is 192. The first-order valence-corrected chi connectivity index (χ1v) is 3.32. The van der Waals surface area contributed by atoms with Gasteiger partial charge in [-0.25, -0.2) is 14.5 Å². The fraction of sp³-hybridized carbons (Fsp3) is 0.500. The van der Waals surface area contributed by atoms with Crippen LogP contribution in [-0.2, 0) is 0 Å². The van der Waals surface area contributed by atoms with Gasteiger partial charge < -0.3 is 10.6 Å². The number of primary amides is 1. The second-order valence-corrected chi connectivity index (χ2v) is 2.26. The average Bonchev–Trinajstić information content (AvgIpc) is 2.30. The van der Waals surface area contributed by atoms with Crippen molar-refractivity contribution in [2.75, 3.05) is 19.6 Å². The van der Waals surface area contributed by atoms with Crippen LogP contribution in [0.4, 0.5) is 9.59 Å². The summed E-state index contributed by atoms with van der Waals surface area (Å²) in [5.74, 6) is 0. The number of carbonyl (C=O) groups excluding carboxylic acids is 2. The summed E-state index contributed by atoms with van der Waals surface area (Å²) < 4.78 is 0. The zero-order chi connectivity index (χ0) is 8.43. The molecule has 0 aromatic carbocycles. The summed E-state index contributed by atoms with van der Waals surface area (Å²) in [6.45, 7) is 4.83. The van der Waals surface area contributed by atoms with E-state index in [2.05, 4.69) is 6.92 Å². The summed E-state index contributed by atoms with van der Waals surface area (Å²) in [7, 11) is 0. The van der Waals surface area contributed by atoms with Crippen molar-refractivity contribution < 1.29 is 9.59 Å². The topological polar surface area (TPSA) is 66.6 Å². The number of urea groups is 2. The van der Waals surface area contributed by atoms with E-state index in [1.54, 1.807) is 0 Å². The van der Waals surface area contributed by atoms with Gasteiger partial charge in [0.2, 0.25) is 0 Å². The van der Waals surface area contributed by atoms with Gasteiger partial charge in [0, 0.05) is 19.6 Å². The van der Waals surface area contributed by atoms with Crippen molar-refractivity contribution >= 4 is 12.1 Å². The van der Waals surface area contributed by atoms with Crippen LogP contribution in [0.5, 0.6) is 0 Å². The Morgan fingerprint density at radius 1 is 1.64 bits per heavy atom. The number of imide groups is 1. The van der Waals surface area contributed by atoms with Crippen LogP contribution >= 0.6 is 0 Å². The lowest BCUT2D eigenvalue weighted by Gasteiger charge is -2.12. The lowest BCUT2D eigenvalue weighted by atomic mass is 10.6. The molecule has 61 valence electrons. The van der Waals surface area contributed by atoms with E-state index in [9.17, 15) is 9.59 Å². The minimum Gasteiger partial charge on any atom is -0.351 e. The maximum Gasteiger partial charge on any atom is 0.328 e. The van der Waals surface area contributed by atoms with E-state index in [0.717, 1.165) is 4.90 Å². The zero-order valence-electron chi connectivity index (χ0n) is 6.12. The molecule has 0 aromatic heterocycles. The van der Waals surface area contributed by atoms with Gasteiger partial charge in [-0.3, -0.25) is 0 Å². The van der Waals surface area contributed by atoms with Crippen molar-refractivity contribution in [2.45, 2.75) is 0 Å². The maximum absolute atomic E-state index is 11.1. The number of nitrogens with two attached hydrogens (primary N) is 1. The third-order valence-electron chi connectivity index (χ3n) is 1.63. The first kappa shape index (κ1) is 7.84. The number of hydrogen-bond acceptors (Lipinski definition) is 2. The van der Waals surface area contributed by atoms with Crippen LogP contribution in [0.25, 0.3) is 0 Å². The summed E-state index contributed by atoms with van der Waals surface area (Å²) in [4.78, 5) is 24.1. The summed E-state index contributed by atoms with van der Waals surface area (Å²) in [5.41, 5.74) is 4.92. The molecule has 0 unspecified atom stereocenters. The minimum atomic E-state index is -0.689. The van der Waals surface area contributed by atoms with Crippen LogP contribution in [-0.4, -0.2) is 41.5 Å². The molecule has 0 saturated carbocycles. The molecule has 1 rings (SSSR count). The molecule has 0 bridgehead atoms. The van der Waals surface area contributed by atoms with E-state index in [1.165, 1.54) is 4.90 Å². The molecule has 5 nitrogen and oxygen atoms in total. The van der Waals surface area contributed by atoms with Crippen LogP contribution in [0.15, 0.2) is 0 Å². The van der Waals surface area contributed by atoms with Gasteiger partial charge >= 0.3 is 12.1 Å². The predicted octanol–water partition coefficient (Wildman–Crippen LogP) is -0.363. The van der Waals surface area contributed by atoms with Crippen LogP contribution < -0.4 is 5.73 Å².